The number of H-pyrrole nitrogens is 1. The van der Waals surface area contributed by atoms with Crippen molar-refractivity contribution in [3.63, 3.8) is 0 Å². The van der Waals surface area contributed by atoms with Crippen LogP contribution in [-0.4, -0.2) is 117 Å². The predicted octanol–water partition coefficient (Wildman–Crippen LogP) is 3.06. The van der Waals surface area contributed by atoms with Crippen molar-refractivity contribution in [2.24, 2.45) is 0 Å². The number of hydrogen-bond acceptors (Lipinski definition) is 12. The van der Waals surface area contributed by atoms with Crippen molar-refractivity contribution in [2.45, 2.75) is 65.6 Å². The Labute approximate surface area is 368 Å². The summed E-state index contributed by atoms with van der Waals surface area (Å²) >= 11 is 0. The predicted molar refractivity (Wildman–Crippen MR) is 239 cm³/mol. The average Bonchev–Trinajstić information content (AvgIpc) is 3.82. The first-order chi connectivity index (χ1) is 30.8. The molecule has 8 rings (SSSR count). The molecule has 2 saturated heterocycles. The zero-order chi connectivity index (χ0) is 45.2. The molecule has 5 aromatic rings. The molecule has 0 aliphatic carbocycles. The number of pyridine rings is 2. The molecule has 6 heterocycles. The van der Waals surface area contributed by atoms with Gasteiger partial charge in [-0.2, -0.15) is 5.10 Å². The molecule has 0 saturated carbocycles. The number of piperidine rings is 1. The Balaban J connectivity index is 0.817. The molecule has 64 heavy (non-hydrogen) atoms. The summed E-state index contributed by atoms with van der Waals surface area (Å²) in [5.41, 5.74) is 5.58. The molecule has 332 valence electrons. The van der Waals surface area contributed by atoms with Crippen molar-refractivity contribution in [1.29, 1.82) is 0 Å². The van der Waals surface area contributed by atoms with Crippen molar-refractivity contribution in [2.75, 3.05) is 56.0 Å². The average molecular weight is 870 g/mol. The molecule has 3 aliphatic heterocycles. The lowest BCUT2D eigenvalue weighted by molar-refractivity contribution is -0.136. The van der Waals surface area contributed by atoms with E-state index in [1.807, 2.05) is 68.9 Å². The first kappa shape index (κ1) is 43.4. The van der Waals surface area contributed by atoms with E-state index in [0.29, 0.717) is 41.7 Å². The molecule has 1 atom stereocenters. The molecule has 18 nitrogen and oxygen atoms in total. The van der Waals surface area contributed by atoms with Gasteiger partial charge >= 0.3 is 0 Å². The van der Waals surface area contributed by atoms with E-state index in [1.54, 1.807) is 18.3 Å². The fraction of sp³-hybridized carbons (Fsp3) is 0.370. The van der Waals surface area contributed by atoms with Gasteiger partial charge in [0.1, 0.15) is 11.9 Å². The van der Waals surface area contributed by atoms with Crippen LogP contribution in [0.5, 0.6) is 0 Å². The molecule has 2 aromatic carbocycles. The van der Waals surface area contributed by atoms with Gasteiger partial charge in [-0.15, -0.1) is 0 Å². The Hall–Kier alpha value is -7.21. The summed E-state index contributed by atoms with van der Waals surface area (Å²) in [5, 5.41) is 16.5. The largest absolute Gasteiger partial charge is 0.383 e. The van der Waals surface area contributed by atoms with E-state index in [-0.39, 0.29) is 60.5 Å². The lowest BCUT2D eigenvalue weighted by atomic mass is 10.0. The van der Waals surface area contributed by atoms with Gasteiger partial charge < -0.3 is 25.8 Å². The second-order valence-corrected chi connectivity index (χ2v) is 16.7. The molecular formula is C46H51N11O7. The van der Waals surface area contributed by atoms with E-state index >= 15 is 0 Å². The van der Waals surface area contributed by atoms with Crippen LogP contribution in [0.1, 0.15) is 87.0 Å². The minimum Gasteiger partial charge on any atom is -0.383 e. The van der Waals surface area contributed by atoms with E-state index in [1.165, 1.54) is 6.07 Å². The number of aryl methyl sites for hydroxylation is 2. The maximum absolute atomic E-state index is 13.7. The maximum atomic E-state index is 13.7. The molecule has 3 aromatic heterocycles. The summed E-state index contributed by atoms with van der Waals surface area (Å²) in [7, 11) is 0. The molecular weight excluding hydrogens is 819 g/mol. The molecule has 3 aliphatic rings. The smallest absolute Gasteiger partial charge is 0.264 e. The van der Waals surface area contributed by atoms with Crippen molar-refractivity contribution in [3.05, 3.63) is 105 Å². The Morgan fingerprint density at radius 1 is 0.891 bits per heavy atom. The fourth-order valence-corrected chi connectivity index (χ4v) is 8.63. The van der Waals surface area contributed by atoms with Gasteiger partial charge in [0.25, 0.3) is 23.3 Å². The molecule has 6 amide bonds. The second-order valence-electron chi connectivity index (χ2n) is 16.7. The second kappa shape index (κ2) is 18.3. The number of rotatable bonds is 14. The zero-order valence-electron chi connectivity index (χ0n) is 36.2. The van der Waals surface area contributed by atoms with Gasteiger partial charge in [-0.3, -0.25) is 53.4 Å². The number of carbonyl (C=O) groups excluding carboxylic acids is 6. The van der Waals surface area contributed by atoms with Gasteiger partial charge in [-0.25, -0.2) is 4.98 Å². The van der Waals surface area contributed by atoms with Crippen LogP contribution in [0.25, 0.3) is 22.0 Å². The van der Waals surface area contributed by atoms with E-state index < -0.39 is 29.7 Å². The first-order valence-electron chi connectivity index (χ1n) is 21.5. The lowest BCUT2D eigenvalue weighted by Crippen LogP contribution is -2.54. The minimum atomic E-state index is -1.05. The summed E-state index contributed by atoms with van der Waals surface area (Å²) in [6.45, 7) is 12.0. The van der Waals surface area contributed by atoms with Crippen LogP contribution in [0.4, 0.5) is 11.5 Å². The zero-order valence-corrected chi connectivity index (χ0v) is 36.2. The van der Waals surface area contributed by atoms with Gasteiger partial charge in [0.2, 0.25) is 17.7 Å². The number of carbonyl (C=O) groups is 6. The normalized spacial score (nSPS) is 16.7. The minimum absolute atomic E-state index is 0.0406. The number of nitrogens with one attached hydrogen (secondary N) is 5. The Morgan fingerprint density at radius 3 is 2.41 bits per heavy atom. The standard InChI is InChI=1S/C46H51N11O7/c1-26(2)57-37-22-30(21-32(34(37)25-51-57)42(60)50-24-33-27(3)20-28(4)52-43(33)61)29-8-10-38(49-23-29)55-18-16-54(17-19-55)15-12-39(58)48-14-13-47-35-7-5-6-31-41(35)46(64)56(45(31)63)36-9-11-40(59)53-44(36)62/h5-8,10,20-23,25-26,36,47H,9,11-19,24H2,1-4H3,(H,48,58)(H,50,60)(H,52,61)(H,53,59,62). The molecule has 18 heteroatoms. The Kier molecular flexibility index (Phi) is 12.4. The SMILES string of the molecule is Cc1cc(C)c(CNC(=O)c2cc(-c3ccc(N4CCN(CCC(=O)NCCNc5cccc6c5C(=O)N(C5CCC(=O)NC5=O)C6=O)CC4)nc3)cc3c2cnn3C(C)C)c(=O)[nH]1. The highest BCUT2D eigenvalue weighted by Gasteiger charge is 2.45. The number of fused-ring (bicyclic) bond motifs is 2. The third-order valence-corrected chi connectivity index (χ3v) is 12.0. The quantitative estimate of drug-likeness (QED) is 0.0803. The summed E-state index contributed by atoms with van der Waals surface area (Å²) in [4.78, 5) is 103. The van der Waals surface area contributed by atoms with E-state index in [2.05, 4.69) is 41.1 Å². The third kappa shape index (κ3) is 8.86. The number of amides is 6. The number of aromatic amines is 1. The molecule has 0 radical (unpaired) electrons. The topological polar surface area (TPSA) is 224 Å². The summed E-state index contributed by atoms with van der Waals surface area (Å²) in [5.74, 6) is -1.86. The van der Waals surface area contributed by atoms with E-state index in [0.717, 1.165) is 64.8 Å². The fourth-order valence-electron chi connectivity index (χ4n) is 8.63. The summed E-state index contributed by atoms with van der Waals surface area (Å²) in [6.07, 6.45) is 3.95. The Morgan fingerprint density at radius 2 is 1.69 bits per heavy atom. The molecule has 0 spiro atoms. The van der Waals surface area contributed by atoms with Gasteiger partial charge in [-0.05, 0) is 87.7 Å². The van der Waals surface area contributed by atoms with Gasteiger partial charge in [0.15, 0.2) is 0 Å². The number of hydrogen-bond donors (Lipinski definition) is 5. The molecule has 5 N–H and O–H groups in total. The number of nitrogens with zero attached hydrogens (tertiary/aromatic N) is 6. The van der Waals surface area contributed by atoms with Crippen LogP contribution in [0.15, 0.2) is 65.7 Å². The number of anilines is 2. The van der Waals surface area contributed by atoms with E-state index in [9.17, 15) is 33.6 Å². The van der Waals surface area contributed by atoms with Crippen molar-refractivity contribution in [1.82, 2.24) is 45.5 Å². The third-order valence-electron chi connectivity index (χ3n) is 12.0. The number of benzene rings is 2. The van der Waals surface area contributed by atoms with Crippen LogP contribution in [0, 0.1) is 13.8 Å². The van der Waals surface area contributed by atoms with Crippen molar-refractivity contribution >= 4 is 57.9 Å². The van der Waals surface area contributed by atoms with Crippen molar-refractivity contribution in [3.8, 4) is 11.1 Å². The van der Waals surface area contributed by atoms with Gasteiger partial charge in [-0.1, -0.05) is 6.07 Å². The van der Waals surface area contributed by atoms with E-state index in [4.69, 9.17) is 4.98 Å². The van der Waals surface area contributed by atoms with Crippen LogP contribution >= 0.6 is 0 Å². The molecule has 2 fully saturated rings. The highest BCUT2D eigenvalue weighted by molar-refractivity contribution is 6.25. The highest BCUT2D eigenvalue weighted by atomic mass is 16.2. The highest BCUT2D eigenvalue weighted by Crippen LogP contribution is 2.33. The molecule has 0 bridgehead atoms. The summed E-state index contributed by atoms with van der Waals surface area (Å²) in [6, 6.07) is 13.6. The summed E-state index contributed by atoms with van der Waals surface area (Å²) < 4.78 is 1.89. The Bertz CT molecular complexity index is 2730. The lowest BCUT2D eigenvalue weighted by Gasteiger charge is -2.35. The van der Waals surface area contributed by atoms with Crippen LogP contribution in [0.2, 0.25) is 0 Å². The maximum Gasteiger partial charge on any atom is 0.264 e. The molecule has 1 unspecified atom stereocenters. The van der Waals surface area contributed by atoms with Crippen LogP contribution < -0.4 is 31.7 Å². The van der Waals surface area contributed by atoms with Gasteiger partial charge in [0, 0.05) is 105 Å². The van der Waals surface area contributed by atoms with Gasteiger partial charge in [0.05, 0.1) is 28.4 Å². The number of imide groups is 2. The number of piperazine rings is 1. The van der Waals surface area contributed by atoms with Crippen molar-refractivity contribution < 1.29 is 28.8 Å². The van der Waals surface area contributed by atoms with Crippen LogP contribution in [0.3, 0.4) is 0 Å². The monoisotopic (exact) mass is 869 g/mol. The number of aromatic nitrogens is 4. The first-order valence-corrected chi connectivity index (χ1v) is 21.5. The van der Waals surface area contributed by atoms with Crippen LogP contribution in [-0.2, 0) is 20.9 Å².